The Kier molecular flexibility index (Phi) is 2.40. The minimum atomic E-state index is 0.138. The van der Waals surface area contributed by atoms with Crippen molar-refractivity contribution < 1.29 is 4.79 Å². The van der Waals surface area contributed by atoms with E-state index < -0.39 is 0 Å². The summed E-state index contributed by atoms with van der Waals surface area (Å²) in [5.74, 6) is 0.376. The molecule has 0 atom stereocenters. The highest BCUT2D eigenvalue weighted by atomic mass is 16.2. The molecule has 1 heterocycles. The van der Waals surface area contributed by atoms with Gasteiger partial charge in [-0.3, -0.25) is 9.89 Å². The van der Waals surface area contributed by atoms with E-state index in [4.69, 9.17) is 0 Å². The normalized spacial score (nSPS) is 14.6. The molecule has 0 saturated heterocycles. The number of nitrogens with one attached hydrogen (secondary N) is 2. The summed E-state index contributed by atoms with van der Waals surface area (Å²) in [4.78, 5) is 11.6. The summed E-state index contributed by atoms with van der Waals surface area (Å²) in [5.41, 5.74) is 2.89. The molecule has 4 nitrogen and oxygen atoms in total. The van der Waals surface area contributed by atoms with E-state index in [1.807, 2.05) is 30.3 Å². The number of H-pyrrole nitrogens is 1. The van der Waals surface area contributed by atoms with Crippen molar-refractivity contribution in [1.29, 1.82) is 0 Å². The van der Waals surface area contributed by atoms with Crippen LogP contribution in [-0.4, -0.2) is 16.1 Å². The molecule has 0 aliphatic heterocycles. The molecule has 3 rings (SSSR count). The molecule has 2 N–H and O–H groups in total. The van der Waals surface area contributed by atoms with Gasteiger partial charge in [0, 0.05) is 17.8 Å². The Bertz CT molecular complexity index is 512. The molecule has 0 unspecified atom stereocenters. The first-order valence-electron chi connectivity index (χ1n) is 5.73. The van der Waals surface area contributed by atoms with Crippen LogP contribution in [0.5, 0.6) is 0 Å². The van der Waals surface area contributed by atoms with Gasteiger partial charge in [0.1, 0.15) is 0 Å². The molecule has 0 radical (unpaired) electrons. The van der Waals surface area contributed by atoms with Crippen LogP contribution in [0, 0.1) is 5.92 Å². The lowest BCUT2D eigenvalue weighted by atomic mass is 10.1. The second-order valence-corrected chi connectivity index (χ2v) is 4.31. The number of rotatable bonds is 3. The number of hydrogen-bond acceptors (Lipinski definition) is 2. The average Bonchev–Trinajstić information content (AvgIpc) is 3.07. The van der Waals surface area contributed by atoms with Gasteiger partial charge in [0.25, 0.3) is 0 Å². The van der Waals surface area contributed by atoms with Crippen molar-refractivity contribution in [2.75, 3.05) is 5.32 Å². The van der Waals surface area contributed by atoms with Crippen LogP contribution in [0.1, 0.15) is 12.8 Å². The van der Waals surface area contributed by atoms with E-state index in [0.717, 1.165) is 29.8 Å². The average molecular weight is 227 g/mol. The van der Waals surface area contributed by atoms with Crippen LogP contribution in [0.3, 0.4) is 0 Å². The van der Waals surface area contributed by atoms with Crippen molar-refractivity contribution in [3.05, 3.63) is 36.5 Å². The fraction of sp³-hybridized carbons (Fsp3) is 0.231. The van der Waals surface area contributed by atoms with Gasteiger partial charge in [0.05, 0.1) is 5.69 Å². The topological polar surface area (TPSA) is 57.8 Å². The van der Waals surface area contributed by atoms with E-state index in [2.05, 4.69) is 15.5 Å². The monoisotopic (exact) mass is 227 g/mol. The quantitative estimate of drug-likeness (QED) is 0.846. The van der Waals surface area contributed by atoms with Crippen LogP contribution in [-0.2, 0) is 4.79 Å². The van der Waals surface area contributed by atoms with Gasteiger partial charge in [-0.1, -0.05) is 12.1 Å². The molecule has 0 spiro atoms. The number of nitrogens with zero attached hydrogens (tertiary/aromatic N) is 1. The summed E-state index contributed by atoms with van der Waals surface area (Å²) in [6.07, 6.45) is 3.77. The van der Waals surface area contributed by atoms with Crippen molar-refractivity contribution in [1.82, 2.24) is 10.2 Å². The van der Waals surface area contributed by atoms with Crippen molar-refractivity contribution >= 4 is 11.6 Å². The molecule has 17 heavy (non-hydrogen) atoms. The van der Waals surface area contributed by atoms with Crippen molar-refractivity contribution in [3.8, 4) is 11.3 Å². The van der Waals surface area contributed by atoms with Crippen LogP contribution in [0.15, 0.2) is 36.5 Å². The van der Waals surface area contributed by atoms with Gasteiger partial charge in [-0.2, -0.15) is 5.10 Å². The molecule has 4 heteroatoms. The van der Waals surface area contributed by atoms with E-state index in [1.165, 1.54) is 0 Å². The van der Waals surface area contributed by atoms with E-state index in [1.54, 1.807) is 6.20 Å². The highest BCUT2D eigenvalue weighted by Crippen LogP contribution is 2.30. The molecule has 1 saturated carbocycles. The number of anilines is 1. The third-order valence-corrected chi connectivity index (χ3v) is 2.91. The molecule has 1 aliphatic rings. The lowest BCUT2D eigenvalue weighted by molar-refractivity contribution is -0.117. The third-order valence-electron chi connectivity index (χ3n) is 2.91. The molecule has 1 amide bonds. The predicted molar refractivity (Wildman–Crippen MR) is 65.4 cm³/mol. The van der Waals surface area contributed by atoms with E-state index >= 15 is 0 Å². The number of aromatic amines is 1. The van der Waals surface area contributed by atoms with Gasteiger partial charge < -0.3 is 5.32 Å². The van der Waals surface area contributed by atoms with Crippen molar-refractivity contribution in [3.63, 3.8) is 0 Å². The summed E-state index contributed by atoms with van der Waals surface area (Å²) in [6, 6.07) is 9.68. The van der Waals surface area contributed by atoms with Gasteiger partial charge >= 0.3 is 0 Å². The Labute approximate surface area is 99.1 Å². The predicted octanol–water partition coefficient (Wildman–Crippen LogP) is 2.43. The molecule has 86 valence electrons. The minimum Gasteiger partial charge on any atom is -0.326 e. The first kappa shape index (κ1) is 10.1. The van der Waals surface area contributed by atoms with Gasteiger partial charge in [-0.05, 0) is 36.6 Å². The second kappa shape index (κ2) is 4.05. The lowest BCUT2D eigenvalue weighted by Gasteiger charge is -2.04. The van der Waals surface area contributed by atoms with Crippen LogP contribution >= 0.6 is 0 Å². The van der Waals surface area contributed by atoms with E-state index in [-0.39, 0.29) is 11.8 Å². The standard InChI is InChI=1S/C13H13N3O/c17-13(10-1-2-10)15-11-5-3-9(4-6-11)12-7-8-14-16-12/h3-8,10H,1-2H2,(H,14,16)(H,15,17). The number of aromatic nitrogens is 2. The highest BCUT2D eigenvalue weighted by Gasteiger charge is 2.29. The Morgan fingerprint density at radius 2 is 2.00 bits per heavy atom. The summed E-state index contributed by atoms with van der Waals surface area (Å²) in [6.45, 7) is 0. The number of benzene rings is 1. The molecule has 0 bridgehead atoms. The van der Waals surface area contributed by atoms with Crippen molar-refractivity contribution in [2.24, 2.45) is 5.92 Å². The van der Waals surface area contributed by atoms with Gasteiger partial charge in [0.15, 0.2) is 0 Å². The molecule has 1 aliphatic carbocycles. The first-order chi connectivity index (χ1) is 8.33. The molecule has 1 fully saturated rings. The Hall–Kier alpha value is -2.10. The maximum absolute atomic E-state index is 11.6. The lowest BCUT2D eigenvalue weighted by Crippen LogP contribution is -2.12. The number of carbonyl (C=O) groups is 1. The largest absolute Gasteiger partial charge is 0.326 e. The fourth-order valence-electron chi connectivity index (χ4n) is 1.74. The van der Waals surface area contributed by atoms with Crippen LogP contribution < -0.4 is 5.32 Å². The van der Waals surface area contributed by atoms with Gasteiger partial charge in [0.2, 0.25) is 5.91 Å². The van der Waals surface area contributed by atoms with Crippen LogP contribution in [0.4, 0.5) is 5.69 Å². The Morgan fingerprint density at radius 3 is 2.59 bits per heavy atom. The molecule has 1 aromatic heterocycles. The molecular formula is C13H13N3O. The van der Waals surface area contributed by atoms with Crippen molar-refractivity contribution in [2.45, 2.75) is 12.8 Å². The second-order valence-electron chi connectivity index (χ2n) is 4.31. The fourth-order valence-corrected chi connectivity index (χ4v) is 1.74. The maximum Gasteiger partial charge on any atom is 0.227 e. The highest BCUT2D eigenvalue weighted by molar-refractivity contribution is 5.94. The third kappa shape index (κ3) is 2.20. The number of carbonyl (C=O) groups excluding carboxylic acids is 1. The Morgan fingerprint density at radius 1 is 1.24 bits per heavy atom. The number of amides is 1. The zero-order valence-electron chi connectivity index (χ0n) is 9.31. The van der Waals surface area contributed by atoms with Crippen LogP contribution in [0.2, 0.25) is 0 Å². The maximum atomic E-state index is 11.6. The molecule has 2 aromatic rings. The Balaban J connectivity index is 1.73. The smallest absolute Gasteiger partial charge is 0.227 e. The summed E-state index contributed by atoms with van der Waals surface area (Å²) in [5, 5.41) is 9.72. The zero-order valence-corrected chi connectivity index (χ0v) is 9.31. The molecular weight excluding hydrogens is 214 g/mol. The summed E-state index contributed by atoms with van der Waals surface area (Å²) >= 11 is 0. The summed E-state index contributed by atoms with van der Waals surface area (Å²) in [7, 11) is 0. The minimum absolute atomic E-state index is 0.138. The first-order valence-corrected chi connectivity index (χ1v) is 5.73. The zero-order chi connectivity index (χ0) is 11.7. The molecule has 1 aromatic carbocycles. The van der Waals surface area contributed by atoms with Gasteiger partial charge in [-0.15, -0.1) is 0 Å². The van der Waals surface area contributed by atoms with E-state index in [0.29, 0.717) is 0 Å². The van der Waals surface area contributed by atoms with Crippen LogP contribution in [0.25, 0.3) is 11.3 Å². The van der Waals surface area contributed by atoms with Gasteiger partial charge in [-0.25, -0.2) is 0 Å². The summed E-state index contributed by atoms with van der Waals surface area (Å²) < 4.78 is 0. The SMILES string of the molecule is O=C(Nc1ccc(-c2ccn[nH]2)cc1)C1CC1. The number of hydrogen-bond donors (Lipinski definition) is 2. The van der Waals surface area contributed by atoms with E-state index in [9.17, 15) is 4.79 Å².